The van der Waals surface area contributed by atoms with E-state index in [4.69, 9.17) is 4.74 Å². The predicted molar refractivity (Wildman–Crippen MR) is 58.4 cm³/mol. The van der Waals surface area contributed by atoms with Crippen LogP contribution in [-0.2, 0) is 23.8 Å². The van der Waals surface area contributed by atoms with E-state index in [0.29, 0.717) is 6.42 Å². The topological polar surface area (TPSA) is 78.9 Å². The Kier molecular flexibility index (Phi) is 8.36. The Hall–Kier alpha value is -1.85. The molecule has 0 saturated heterocycles. The molecule has 0 aliphatic heterocycles. The predicted octanol–water partition coefficient (Wildman–Crippen LogP) is 1.24. The van der Waals surface area contributed by atoms with Gasteiger partial charge >= 0.3 is 12.1 Å². The molecule has 0 heterocycles. The van der Waals surface area contributed by atoms with Crippen molar-refractivity contribution in [3.05, 3.63) is 12.2 Å². The molecule has 0 aromatic carbocycles. The minimum Gasteiger partial charge on any atom is -0.465 e. The van der Waals surface area contributed by atoms with E-state index in [0.717, 1.165) is 0 Å². The summed E-state index contributed by atoms with van der Waals surface area (Å²) in [5, 5.41) is 0. The van der Waals surface area contributed by atoms with Crippen LogP contribution in [0.2, 0.25) is 0 Å². The third kappa shape index (κ3) is 10.4. The quantitative estimate of drug-likeness (QED) is 0.290. The van der Waals surface area contributed by atoms with Gasteiger partial charge in [-0.15, -0.1) is 0 Å². The highest BCUT2D eigenvalue weighted by Gasteiger charge is 2.04. The molecule has 17 heavy (non-hydrogen) atoms. The number of ether oxygens (including phenoxy) is 3. The summed E-state index contributed by atoms with van der Waals surface area (Å²) in [7, 11) is 1.22. The van der Waals surface area contributed by atoms with Crippen molar-refractivity contribution in [2.45, 2.75) is 19.8 Å². The van der Waals surface area contributed by atoms with Crippen LogP contribution < -0.4 is 0 Å². The summed E-state index contributed by atoms with van der Waals surface area (Å²) in [6, 6.07) is 0. The zero-order valence-electron chi connectivity index (χ0n) is 9.93. The summed E-state index contributed by atoms with van der Waals surface area (Å²) in [4.78, 5) is 32.0. The molecule has 0 atom stereocenters. The largest absolute Gasteiger partial charge is 0.508 e. The van der Waals surface area contributed by atoms with Crippen LogP contribution in [0.3, 0.4) is 0 Å². The maximum Gasteiger partial charge on any atom is 0.508 e. The van der Waals surface area contributed by atoms with E-state index in [-0.39, 0.29) is 25.4 Å². The molecule has 0 N–H and O–H groups in total. The van der Waals surface area contributed by atoms with Gasteiger partial charge in [0.05, 0.1) is 13.7 Å². The molecule has 0 rings (SSSR count). The van der Waals surface area contributed by atoms with Crippen LogP contribution in [0.15, 0.2) is 12.2 Å². The van der Waals surface area contributed by atoms with Crippen molar-refractivity contribution in [3.8, 4) is 0 Å². The van der Waals surface area contributed by atoms with Crippen molar-refractivity contribution in [3.63, 3.8) is 0 Å². The third-order valence-corrected chi connectivity index (χ3v) is 1.57. The molecule has 6 heteroatoms. The highest BCUT2D eigenvalue weighted by Crippen LogP contribution is 1.92. The zero-order chi connectivity index (χ0) is 13.1. The van der Waals surface area contributed by atoms with E-state index in [1.807, 2.05) is 0 Å². The molecule has 0 bridgehead atoms. The normalized spacial score (nSPS) is 10.0. The summed E-state index contributed by atoms with van der Waals surface area (Å²) in [6.07, 6.45) is 2.85. The van der Waals surface area contributed by atoms with Crippen LogP contribution in [0.25, 0.3) is 0 Å². The second-order valence-electron chi connectivity index (χ2n) is 3.12. The first-order valence-corrected chi connectivity index (χ1v) is 5.07. The smallest absolute Gasteiger partial charge is 0.465 e. The fourth-order valence-corrected chi connectivity index (χ4v) is 0.856. The fourth-order valence-electron chi connectivity index (χ4n) is 0.856. The lowest BCUT2D eigenvalue weighted by molar-refractivity contribution is -0.145. The average molecular weight is 244 g/mol. The van der Waals surface area contributed by atoms with Gasteiger partial charge in [0.1, 0.15) is 18.8 Å². The number of hydrogen-bond donors (Lipinski definition) is 0. The number of methoxy groups -OCH3 is 1. The highest BCUT2D eigenvalue weighted by atomic mass is 16.7. The average Bonchev–Trinajstić information content (AvgIpc) is 2.26. The van der Waals surface area contributed by atoms with Gasteiger partial charge in [-0.2, -0.15) is 0 Å². The lowest BCUT2D eigenvalue weighted by Gasteiger charge is -2.00. The monoisotopic (exact) mass is 244 g/mol. The minimum atomic E-state index is -0.748. The van der Waals surface area contributed by atoms with Crippen molar-refractivity contribution in [1.29, 1.82) is 0 Å². The molecule has 0 unspecified atom stereocenters. The van der Waals surface area contributed by atoms with Gasteiger partial charge in [0, 0.05) is 0 Å². The number of ketones is 1. The van der Waals surface area contributed by atoms with Crippen molar-refractivity contribution in [2.24, 2.45) is 0 Å². The first kappa shape index (κ1) is 15.2. The van der Waals surface area contributed by atoms with Gasteiger partial charge in [0.2, 0.25) is 0 Å². The van der Waals surface area contributed by atoms with E-state index >= 15 is 0 Å². The van der Waals surface area contributed by atoms with Crippen LogP contribution in [-0.4, -0.2) is 38.2 Å². The molecule has 0 saturated carbocycles. The second-order valence-corrected chi connectivity index (χ2v) is 3.12. The molecule has 0 aromatic heterocycles. The molecular formula is C11H16O6. The maximum atomic E-state index is 10.9. The Morgan fingerprint density at radius 1 is 1.12 bits per heavy atom. The number of esters is 1. The van der Waals surface area contributed by atoms with Crippen LogP contribution in [0.5, 0.6) is 0 Å². The van der Waals surface area contributed by atoms with Crippen LogP contribution in [0.1, 0.15) is 19.8 Å². The number of carbonyl (C=O) groups is 3. The second kappa shape index (κ2) is 9.38. The van der Waals surface area contributed by atoms with E-state index in [1.54, 1.807) is 12.2 Å². The Balaban J connectivity index is 3.45. The molecule has 0 radical (unpaired) electrons. The molecule has 6 nitrogen and oxygen atoms in total. The van der Waals surface area contributed by atoms with E-state index in [1.165, 1.54) is 14.0 Å². The number of Topliss-reactive ketones (excluding diaryl/α,β-unsaturated/α-hetero) is 1. The molecule has 0 aliphatic rings. The molecule has 0 amide bonds. The van der Waals surface area contributed by atoms with Gasteiger partial charge in [-0.05, 0) is 13.3 Å². The number of carbonyl (C=O) groups excluding carboxylic acids is 3. The van der Waals surface area contributed by atoms with Crippen LogP contribution in [0.4, 0.5) is 4.79 Å². The fraction of sp³-hybridized carbons (Fsp3) is 0.545. The molecule has 96 valence electrons. The van der Waals surface area contributed by atoms with Gasteiger partial charge in [0.25, 0.3) is 0 Å². The lowest BCUT2D eigenvalue weighted by atomic mass is 10.3. The summed E-state index contributed by atoms with van der Waals surface area (Å²) < 4.78 is 13.6. The number of rotatable bonds is 7. The highest BCUT2D eigenvalue weighted by molar-refractivity contribution is 5.94. The summed E-state index contributed by atoms with van der Waals surface area (Å²) >= 11 is 0. The Morgan fingerprint density at radius 2 is 1.82 bits per heavy atom. The van der Waals surface area contributed by atoms with Crippen LogP contribution in [0, 0.1) is 0 Å². The third-order valence-electron chi connectivity index (χ3n) is 1.57. The Labute approximate surface area is 99.5 Å². The molecule has 0 spiro atoms. The van der Waals surface area contributed by atoms with E-state index in [9.17, 15) is 14.4 Å². The molecular weight excluding hydrogens is 228 g/mol. The molecule has 0 fully saturated rings. The van der Waals surface area contributed by atoms with E-state index < -0.39 is 12.1 Å². The zero-order valence-corrected chi connectivity index (χ0v) is 9.93. The first-order chi connectivity index (χ1) is 8.06. The van der Waals surface area contributed by atoms with Crippen molar-refractivity contribution in [1.82, 2.24) is 0 Å². The van der Waals surface area contributed by atoms with Gasteiger partial charge in [0.15, 0.2) is 0 Å². The van der Waals surface area contributed by atoms with Crippen molar-refractivity contribution < 1.29 is 28.6 Å². The Bertz CT molecular complexity index is 294. The SMILES string of the molecule is COC(=O)OC/C=C/CCOC(=O)CC(C)=O. The van der Waals surface area contributed by atoms with E-state index in [2.05, 4.69) is 9.47 Å². The summed E-state index contributed by atoms with van der Waals surface area (Å²) in [5.41, 5.74) is 0. The summed E-state index contributed by atoms with van der Waals surface area (Å²) in [6.45, 7) is 1.63. The standard InChI is InChI=1S/C11H16O6/c1-9(12)8-10(13)16-6-4-3-5-7-17-11(14)15-2/h3,5H,4,6-8H2,1-2H3/b5-3+. The summed E-state index contributed by atoms with van der Waals surface area (Å²) in [5.74, 6) is -0.756. The van der Waals surface area contributed by atoms with Gasteiger partial charge in [-0.25, -0.2) is 4.79 Å². The first-order valence-electron chi connectivity index (χ1n) is 5.07. The minimum absolute atomic E-state index is 0.105. The molecule has 0 aliphatic carbocycles. The van der Waals surface area contributed by atoms with Gasteiger partial charge < -0.3 is 14.2 Å². The molecule has 0 aromatic rings. The number of hydrogen-bond acceptors (Lipinski definition) is 6. The van der Waals surface area contributed by atoms with Crippen molar-refractivity contribution >= 4 is 17.9 Å². The lowest BCUT2D eigenvalue weighted by Crippen LogP contribution is -2.09. The van der Waals surface area contributed by atoms with Gasteiger partial charge in [-0.1, -0.05) is 12.2 Å². The van der Waals surface area contributed by atoms with Gasteiger partial charge in [-0.3, -0.25) is 9.59 Å². The maximum absolute atomic E-state index is 10.9. The Morgan fingerprint density at radius 3 is 2.41 bits per heavy atom. The van der Waals surface area contributed by atoms with Crippen LogP contribution >= 0.6 is 0 Å². The van der Waals surface area contributed by atoms with Crippen molar-refractivity contribution in [2.75, 3.05) is 20.3 Å².